The molecule has 1 saturated heterocycles. The highest BCUT2D eigenvalue weighted by atomic mass is 16.2. The highest BCUT2D eigenvalue weighted by Crippen LogP contribution is 2.23. The summed E-state index contributed by atoms with van der Waals surface area (Å²) in [5.74, 6) is -0.0680. The highest BCUT2D eigenvalue weighted by Gasteiger charge is 2.28. The molecule has 1 N–H and O–H groups in total. The van der Waals surface area contributed by atoms with E-state index in [9.17, 15) is 9.59 Å². The van der Waals surface area contributed by atoms with Crippen LogP contribution in [0.1, 0.15) is 41.3 Å². The van der Waals surface area contributed by atoms with Gasteiger partial charge < -0.3 is 10.2 Å². The zero-order valence-electron chi connectivity index (χ0n) is 17.7. The molecule has 2 aromatic carbocycles. The number of nitrogens with one attached hydrogen (secondary N) is 1. The van der Waals surface area contributed by atoms with Crippen molar-refractivity contribution in [2.24, 2.45) is 5.92 Å². The van der Waals surface area contributed by atoms with Crippen molar-refractivity contribution in [3.63, 3.8) is 0 Å². The number of carbonyl (C=O) groups is 2. The summed E-state index contributed by atoms with van der Waals surface area (Å²) in [5.41, 5.74) is 5.46. The fourth-order valence-corrected chi connectivity index (χ4v) is 3.93. The molecule has 2 heterocycles. The third kappa shape index (κ3) is 3.92. The monoisotopic (exact) mass is 405 g/mol. The largest absolute Gasteiger partial charge is 0.339 e. The van der Waals surface area contributed by atoms with Crippen molar-refractivity contribution in [3.8, 4) is 0 Å². The van der Waals surface area contributed by atoms with Crippen LogP contribution in [0.5, 0.6) is 0 Å². The molecular weight excluding hydrogens is 378 g/mol. The van der Waals surface area contributed by atoms with Gasteiger partial charge in [0.2, 0.25) is 5.91 Å². The van der Waals surface area contributed by atoms with Crippen LogP contribution in [0.3, 0.4) is 0 Å². The third-order valence-electron chi connectivity index (χ3n) is 5.99. The number of carbonyl (C=O) groups excluding carboxylic acids is 2. The van der Waals surface area contributed by atoms with Crippen LogP contribution in [0, 0.1) is 19.8 Å². The molecule has 0 aliphatic carbocycles. The van der Waals surface area contributed by atoms with Crippen LogP contribution in [0.15, 0.2) is 36.4 Å². The number of aryl methyl sites for hydroxylation is 3. The van der Waals surface area contributed by atoms with Crippen molar-refractivity contribution < 1.29 is 9.59 Å². The Bertz CT molecular complexity index is 1100. The lowest BCUT2D eigenvalue weighted by molar-refractivity contribution is -0.121. The Labute approximate surface area is 176 Å². The predicted octanol–water partition coefficient (Wildman–Crippen LogP) is 3.56. The molecule has 1 aliphatic rings. The van der Waals surface area contributed by atoms with Gasteiger partial charge in [0.15, 0.2) is 0 Å². The van der Waals surface area contributed by atoms with Gasteiger partial charge in [-0.25, -0.2) is 4.68 Å². The maximum Gasteiger partial charge on any atom is 0.253 e. The molecule has 4 rings (SSSR count). The molecule has 156 valence electrons. The van der Waals surface area contributed by atoms with Gasteiger partial charge in [-0.2, -0.15) is 0 Å². The summed E-state index contributed by atoms with van der Waals surface area (Å²) in [7, 11) is 0. The van der Waals surface area contributed by atoms with Crippen LogP contribution in [0.25, 0.3) is 11.0 Å². The number of piperidine rings is 1. The lowest BCUT2D eigenvalue weighted by atomic mass is 9.95. The summed E-state index contributed by atoms with van der Waals surface area (Å²) in [5, 5.41) is 11.3. The Hall–Kier alpha value is -3.22. The van der Waals surface area contributed by atoms with Gasteiger partial charge >= 0.3 is 0 Å². The van der Waals surface area contributed by atoms with E-state index in [0.717, 1.165) is 28.8 Å². The van der Waals surface area contributed by atoms with Crippen LogP contribution >= 0.6 is 0 Å². The van der Waals surface area contributed by atoms with Gasteiger partial charge in [-0.15, -0.1) is 5.10 Å². The van der Waals surface area contributed by atoms with Crippen molar-refractivity contribution in [2.75, 3.05) is 18.4 Å². The van der Waals surface area contributed by atoms with Gasteiger partial charge in [0.1, 0.15) is 5.52 Å². The summed E-state index contributed by atoms with van der Waals surface area (Å²) >= 11 is 0. The van der Waals surface area contributed by atoms with E-state index in [1.807, 2.05) is 53.8 Å². The summed E-state index contributed by atoms with van der Waals surface area (Å²) in [4.78, 5) is 27.4. The highest BCUT2D eigenvalue weighted by molar-refractivity contribution is 5.98. The molecule has 0 spiro atoms. The molecule has 2 amide bonds. The van der Waals surface area contributed by atoms with Crippen LogP contribution in [0.4, 0.5) is 5.69 Å². The van der Waals surface area contributed by atoms with E-state index in [2.05, 4.69) is 22.6 Å². The Morgan fingerprint density at radius 2 is 1.83 bits per heavy atom. The first kappa shape index (κ1) is 20.1. The zero-order valence-corrected chi connectivity index (χ0v) is 17.7. The lowest BCUT2D eigenvalue weighted by Gasteiger charge is -2.31. The second-order valence-electron chi connectivity index (χ2n) is 7.96. The van der Waals surface area contributed by atoms with E-state index >= 15 is 0 Å². The quantitative estimate of drug-likeness (QED) is 0.720. The molecule has 0 atom stereocenters. The Kier molecular flexibility index (Phi) is 5.53. The Morgan fingerprint density at radius 3 is 2.53 bits per heavy atom. The maximum atomic E-state index is 12.9. The average molecular weight is 406 g/mol. The van der Waals surface area contributed by atoms with Crippen LogP contribution < -0.4 is 5.32 Å². The van der Waals surface area contributed by atoms with E-state index in [4.69, 9.17) is 0 Å². The molecule has 7 nitrogen and oxygen atoms in total. The predicted molar refractivity (Wildman–Crippen MR) is 116 cm³/mol. The summed E-state index contributed by atoms with van der Waals surface area (Å²) in [6.07, 6.45) is 1.33. The van der Waals surface area contributed by atoms with Gasteiger partial charge in [-0.05, 0) is 75.1 Å². The van der Waals surface area contributed by atoms with Crippen molar-refractivity contribution >= 4 is 28.5 Å². The molecule has 1 aliphatic heterocycles. The standard InChI is InChI=1S/C23H27N5O2/c1-4-28-21-8-6-18(14-20(21)25-26-28)23(30)27-11-9-17(10-12-27)22(29)24-19-7-5-15(2)16(3)13-19/h5-8,13-14,17H,4,9-12H2,1-3H3,(H,24,29). The van der Waals surface area contributed by atoms with Crippen molar-refractivity contribution in [2.45, 2.75) is 40.2 Å². The SMILES string of the molecule is CCn1nnc2cc(C(=O)N3CCC(C(=O)Nc4ccc(C)c(C)c4)CC3)ccc21. The second kappa shape index (κ2) is 8.26. The minimum atomic E-state index is -0.0809. The summed E-state index contributed by atoms with van der Waals surface area (Å²) < 4.78 is 1.81. The van der Waals surface area contributed by atoms with Gasteiger partial charge in [-0.1, -0.05) is 11.3 Å². The second-order valence-corrected chi connectivity index (χ2v) is 7.96. The zero-order chi connectivity index (χ0) is 21.3. The molecule has 3 aromatic rings. The summed E-state index contributed by atoms with van der Waals surface area (Å²) in [6.45, 7) is 7.98. The van der Waals surface area contributed by atoms with E-state index in [1.54, 1.807) is 6.07 Å². The van der Waals surface area contributed by atoms with Crippen LogP contribution in [-0.2, 0) is 11.3 Å². The van der Waals surface area contributed by atoms with Crippen molar-refractivity contribution in [1.82, 2.24) is 19.9 Å². The van der Waals surface area contributed by atoms with Crippen molar-refractivity contribution in [1.29, 1.82) is 0 Å². The number of hydrogen-bond donors (Lipinski definition) is 1. The molecule has 7 heteroatoms. The van der Waals surface area contributed by atoms with Crippen LogP contribution in [-0.4, -0.2) is 44.8 Å². The van der Waals surface area contributed by atoms with Gasteiger partial charge in [0, 0.05) is 36.8 Å². The first-order valence-corrected chi connectivity index (χ1v) is 10.5. The smallest absolute Gasteiger partial charge is 0.253 e. The molecule has 0 bridgehead atoms. The van der Waals surface area contributed by atoms with Crippen LogP contribution in [0.2, 0.25) is 0 Å². The molecule has 30 heavy (non-hydrogen) atoms. The summed E-state index contributed by atoms with van der Waals surface area (Å²) in [6, 6.07) is 11.5. The van der Waals surface area contributed by atoms with Gasteiger partial charge in [0.25, 0.3) is 5.91 Å². The molecule has 0 radical (unpaired) electrons. The third-order valence-corrected chi connectivity index (χ3v) is 5.99. The van der Waals surface area contributed by atoms with Crippen molar-refractivity contribution in [3.05, 3.63) is 53.1 Å². The first-order valence-electron chi connectivity index (χ1n) is 10.5. The average Bonchev–Trinajstić information content (AvgIpc) is 3.18. The number of nitrogens with zero attached hydrogens (tertiary/aromatic N) is 4. The molecule has 0 saturated carbocycles. The fourth-order valence-electron chi connectivity index (χ4n) is 3.93. The number of fused-ring (bicyclic) bond motifs is 1. The number of benzene rings is 2. The molecule has 0 unspecified atom stereocenters. The van der Waals surface area contributed by atoms with E-state index < -0.39 is 0 Å². The Morgan fingerprint density at radius 1 is 1.07 bits per heavy atom. The molecular formula is C23H27N5O2. The van der Waals surface area contributed by atoms with Gasteiger partial charge in [-0.3, -0.25) is 9.59 Å². The topological polar surface area (TPSA) is 80.1 Å². The van der Waals surface area contributed by atoms with E-state index in [1.165, 1.54) is 5.56 Å². The maximum absolute atomic E-state index is 12.9. The Balaban J connectivity index is 1.37. The number of anilines is 1. The minimum absolute atomic E-state index is 0.0176. The number of aromatic nitrogens is 3. The normalized spacial score (nSPS) is 14.8. The van der Waals surface area contributed by atoms with E-state index in [0.29, 0.717) is 31.5 Å². The number of likely N-dealkylation sites (tertiary alicyclic amines) is 1. The minimum Gasteiger partial charge on any atom is -0.339 e. The number of amides is 2. The number of rotatable bonds is 4. The fraction of sp³-hybridized carbons (Fsp3) is 0.391. The van der Waals surface area contributed by atoms with Gasteiger partial charge in [0.05, 0.1) is 5.52 Å². The van der Waals surface area contributed by atoms with E-state index in [-0.39, 0.29) is 17.7 Å². The lowest BCUT2D eigenvalue weighted by Crippen LogP contribution is -2.41. The number of hydrogen-bond acceptors (Lipinski definition) is 4. The molecule has 1 fully saturated rings. The molecule has 1 aromatic heterocycles. The first-order chi connectivity index (χ1) is 14.5.